The number of benzene rings is 2. The molecule has 7 nitrogen and oxygen atoms in total. The number of ether oxygens (including phenoxy) is 2. The number of rotatable bonds is 7. The van der Waals surface area contributed by atoms with E-state index in [1.165, 1.54) is 23.5 Å². The first-order valence-corrected chi connectivity index (χ1v) is 11.4. The van der Waals surface area contributed by atoms with Crippen LogP contribution in [0.3, 0.4) is 0 Å². The Labute approximate surface area is 178 Å². The lowest BCUT2D eigenvalue weighted by atomic mass is 10.1. The highest BCUT2D eigenvalue weighted by molar-refractivity contribution is 7.89. The number of methoxy groups -OCH3 is 1. The van der Waals surface area contributed by atoms with Crippen molar-refractivity contribution in [1.82, 2.24) is 9.21 Å². The summed E-state index contributed by atoms with van der Waals surface area (Å²) in [5.74, 6) is 1.54. The number of carbonyl (C=O) groups excluding carboxylic acids is 1. The maximum Gasteiger partial charge on any atom is 0.254 e. The molecule has 0 atom stereocenters. The second-order valence-electron chi connectivity index (χ2n) is 7.60. The highest BCUT2D eigenvalue weighted by Crippen LogP contribution is 2.22. The van der Waals surface area contributed by atoms with Crippen LogP contribution in [0, 0.1) is 5.92 Å². The molecular weight excluding hydrogens is 404 g/mol. The third-order valence-electron chi connectivity index (χ3n) is 4.89. The average Bonchev–Trinajstić information content (AvgIpc) is 2.77. The molecule has 0 N–H and O–H groups in total. The van der Waals surface area contributed by atoms with Crippen molar-refractivity contribution in [3.8, 4) is 11.5 Å². The summed E-state index contributed by atoms with van der Waals surface area (Å²) in [5, 5.41) is 0. The minimum Gasteiger partial charge on any atom is -0.497 e. The Kier molecular flexibility index (Phi) is 6.99. The number of sulfonamides is 1. The van der Waals surface area contributed by atoms with Gasteiger partial charge in [-0.1, -0.05) is 19.9 Å². The first-order chi connectivity index (χ1) is 14.3. The molecule has 3 rings (SSSR count). The van der Waals surface area contributed by atoms with Crippen LogP contribution < -0.4 is 9.47 Å². The Morgan fingerprint density at radius 1 is 1.00 bits per heavy atom. The number of hydrogen-bond acceptors (Lipinski definition) is 5. The van der Waals surface area contributed by atoms with Crippen LogP contribution in [0.5, 0.6) is 11.5 Å². The van der Waals surface area contributed by atoms with E-state index >= 15 is 0 Å². The lowest BCUT2D eigenvalue weighted by Gasteiger charge is -2.34. The van der Waals surface area contributed by atoms with Gasteiger partial charge in [-0.3, -0.25) is 4.79 Å². The molecule has 0 unspecified atom stereocenters. The third-order valence-corrected chi connectivity index (χ3v) is 6.80. The normalized spacial score (nSPS) is 15.3. The first kappa shape index (κ1) is 22.1. The molecule has 2 aromatic rings. The van der Waals surface area contributed by atoms with Crippen LogP contribution in [0.25, 0.3) is 0 Å². The van der Waals surface area contributed by atoms with E-state index in [-0.39, 0.29) is 23.9 Å². The van der Waals surface area contributed by atoms with E-state index < -0.39 is 10.0 Å². The van der Waals surface area contributed by atoms with Crippen LogP contribution in [-0.4, -0.2) is 63.4 Å². The number of nitrogens with zero attached hydrogens (tertiary/aromatic N) is 2. The van der Waals surface area contributed by atoms with Crippen LogP contribution in [0.15, 0.2) is 53.4 Å². The summed E-state index contributed by atoms with van der Waals surface area (Å²) in [5.41, 5.74) is 0.544. The molecule has 30 heavy (non-hydrogen) atoms. The molecule has 1 aliphatic heterocycles. The molecule has 1 saturated heterocycles. The molecule has 1 aliphatic rings. The lowest BCUT2D eigenvalue weighted by Crippen LogP contribution is -2.50. The molecule has 2 aromatic carbocycles. The van der Waals surface area contributed by atoms with Gasteiger partial charge < -0.3 is 14.4 Å². The molecule has 0 radical (unpaired) electrons. The van der Waals surface area contributed by atoms with Crippen molar-refractivity contribution in [1.29, 1.82) is 0 Å². The second kappa shape index (κ2) is 9.49. The second-order valence-corrected chi connectivity index (χ2v) is 9.54. The van der Waals surface area contributed by atoms with Crippen molar-refractivity contribution in [3.63, 3.8) is 0 Å². The quantitative estimate of drug-likeness (QED) is 0.673. The fourth-order valence-electron chi connectivity index (χ4n) is 3.19. The Morgan fingerprint density at radius 3 is 2.27 bits per heavy atom. The van der Waals surface area contributed by atoms with Gasteiger partial charge in [0.1, 0.15) is 11.5 Å². The third kappa shape index (κ3) is 5.12. The summed E-state index contributed by atoms with van der Waals surface area (Å²) in [6, 6.07) is 13.5. The molecule has 0 aliphatic carbocycles. The molecule has 1 amide bonds. The monoisotopic (exact) mass is 432 g/mol. The maximum atomic E-state index is 12.9. The molecule has 0 saturated carbocycles. The molecule has 0 spiro atoms. The maximum absolute atomic E-state index is 12.9. The van der Waals surface area contributed by atoms with E-state index in [1.807, 2.05) is 6.07 Å². The number of hydrogen-bond donors (Lipinski definition) is 0. The first-order valence-electron chi connectivity index (χ1n) is 9.97. The molecular formula is C22H28N2O5S. The largest absolute Gasteiger partial charge is 0.497 e. The summed E-state index contributed by atoms with van der Waals surface area (Å²) < 4.78 is 37.9. The standard InChI is InChI=1S/C22H28N2O5S/c1-17(2)16-29-20-6-4-5-18(15-20)22(25)23-11-13-24(14-12-23)30(26,27)21-9-7-19(28-3)8-10-21/h4-10,15,17H,11-14,16H2,1-3H3. The van der Waals surface area contributed by atoms with E-state index in [0.29, 0.717) is 42.7 Å². The fraction of sp³-hybridized carbons (Fsp3) is 0.409. The van der Waals surface area contributed by atoms with Crippen molar-refractivity contribution in [3.05, 3.63) is 54.1 Å². The van der Waals surface area contributed by atoms with Crippen LogP contribution in [-0.2, 0) is 10.0 Å². The zero-order valence-electron chi connectivity index (χ0n) is 17.6. The van der Waals surface area contributed by atoms with Crippen molar-refractivity contribution in [2.75, 3.05) is 39.9 Å². The van der Waals surface area contributed by atoms with E-state index in [2.05, 4.69) is 13.8 Å². The smallest absolute Gasteiger partial charge is 0.254 e. The highest BCUT2D eigenvalue weighted by Gasteiger charge is 2.30. The van der Waals surface area contributed by atoms with Crippen molar-refractivity contribution >= 4 is 15.9 Å². The Hall–Kier alpha value is -2.58. The summed E-state index contributed by atoms with van der Waals surface area (Å²) in [6.45, 7) is 5.90. The molecule has 0 aromatic heterocycles. The van der Waals surface area contributed by atoms with E-state index in [9.17, 15) is 13.2 Å². The fourth-order valence-corrected chi connectivity index (χ4v) is 4.61. The van der Waals surface area contributed by atoms with Gasteiger partial charge in [0.25, 0.3) is 5.91 Å². The number of amides is 1. The van der Waals surface area contributed by atoms with Gasteiger partial charge in [-0.25, -0.2) is 8.42 Å². The Morgan fingerprint density at radius 2 is 1.67 bits per heavy atom. The van der Waals surface area contributed by atoms with Gasteiger partial charge in [0.05, 0.1) is 18.6 Å². The van der Waals surface area contributed by atoms with Crippen LogP contribution in [0.2, 0.25) is 0 Å². The highest BCUT2D eigenvalue weighted by atomic mass is 32.2. The van der Waals surface area contributed by atoms with Gasteiger partial charge in [-0.05, 0) is 48.4 Å². The van der Waals surface area contributed by atoms with Crippen molar-refractivity contribution < 1.29 is 22.7 Å². The topological polar surface area (TPSA) is 76.2 Å². The van der Waals surface area contributed by atoms with Crippen LogP contribution in [0.1, 0.15) is 24.2 Å². The van der Waals surface area contributed by atoms with Gasteiger partial charge in [0.2, 0.25) is 10.0 Å². The lowest BCUT2D eigenvalue weighted by molar-refractivity contribution is 0.0697. The van der Waals surface area contributed by atoms with E-state index in [0.717, 1.165) is 0 Å². The zero-order chi connectivity index (χ0) is 21.7. The average molecular weight is 433 g/mol. The minimum absolute atomic E-state index is 0.119. The Balaban J connectivity index is 1.63. The van der Waals surface area contributed by atoms with Crippen LogP contribution >= 0.6 is 0 Å². The minimum atomic E-state index is -3.60. The van der Waals surface area contributed by atoms with Gasteiger partial charge in [0, 0.05) is 31.7 Å². The number of carbonyl (C=O) groups is 1. The molecule has 1 fully saturated rings. The van der Waals surface area contributed by atoms with Gasteiger partial charge in [-0.15, -0.1) is 0 Å². The zero-order valence-corrected chi connectivity index (χ0v) is 18.4. The van der Waals surface area contributed by atoms with Crippen LogP contribution in [0.4, 0.5) is 0 Å². The molecule has 1 heterocycles. The summed E-state index contributed by atoms with van der Waals surface area (Å²) in [4.78, 5) is 14.8. The Bertz CT molecular complexity index is 965. The van der Waals surface area contributed by atoms with E-state index in [4.69, 9.17) is 9.47 Å². The molecule has 0 bridgehead atoms. The summed E-state index contributed by atoms with van der Waals surface area (Å²) in [7, 11) is -2.07. The van der Waals surface area contributed by atoms with Gasteiger partial charge >= 0.3 is 0 Å². The van der Waals surface area contributed by atoms with Gasteiger partial charge in [-0.2, -0.15) is 4.31 Å². The number of piperazine rings is 1. The molecule has 162 valence electrons. The predicted octanol–water partition coefficient (Wildman–Crippen LogP) is 2.88. The van der Waals surface area contributed by atoms with Crippen molar-refractivity contribution in [2.45, 2.75) is 18.7 Å². The summed E-state index contributed by atoms with van der Waals surface area (Å²) in [6.07, 6.45) is 0. The predicted molar refractivity (Wildman–Crippen MR) is 114 cm³/mol. The van der Waals surface area contributed by atoms with Gasteiger partial charge in [0.15, 0.2) is 0 Å². The summed E-state index contributed by atoms with van der Waals surface area (Å²) >= 11 is 0. The van der Waals surface area contributed by atoms with E-state index in [1.54, 1.807) is 35.2 Å². The molecule has 8 heteroatoms. The SMILES string of the molecule is COc1ccc(S(=O)(=O)N2CCN(C(=O)c3cccc(OCC(C)C)c3)CC2)cc1. The van der Waals surface area contributed by atoms with Crippen molar-refractivity contribution in [2.24, 2.45) is 5.92 Å².